The Morgan fingerprint density at radius 2 is 2.27 bits per heavy atom. The van der Waals surface area contributed by atoms with E-state index in [9.17, 15) is 4.79 Å². The van der Waals surface area contributed by atoms with Crippen LogP contribution in [0.5, 0.6) is 0 Å². The first kappa shape index (κ1) is 10.3. The van der Waals surface area contributed by atoms with E-state index in [-0.39, 0.29) is 0 Å². The molecule has 1 atom stereocenters. The Morgan fingerprint density at radius 1 is 1.55 bits per heavy atom. The van der Waals surface area contributed by atoms with Crippen LogP contribution in [0.15, 0.2) is 0 Å². The molecule has 0 saturated carbocycles. The lowest BCUT2D eigenvalue weighted by molar-refractivity contribution is -0.176. The first-order chi connectivity index (χ1) is 5.43. The zero-order valence-electron chi connectivity index (χ0n) is 6.29. The van der Waals surface area contributed by atoms with Crippen molar-refractivity contribution in [1.29, 1.82) is 0 Å². The van der Waals surface area contributed by atoms with Crippen LogP contribution in [0.2, 0.25) is 0 Å². The van der Waals surface area contributed by atoms with Crippen LogP contribution in [0, 0.1) is 0 Å². The van der Waals surface area contributed by atoms with Gasteiger partial charge in [0.05, 0.1) is 0 Å². The van der Waals surface area contributed by atoms with E-state index in [0.717, 1.165) is 25.9 Å². The second-order valence-corrected chi connectivity index (χ2v) is 2.33. The van der Waals surface area contributed by atoms with Crippen molar-refractivity contribution in [3.63, 3.8) is 0 Å². The molecule has 5 heteroatoms. The minimum absolute atomic E-state index is 0.372. The van der Waals surface area contributed by atoms with E-state index in [1.807, 2.05) is 0 Å². The van der Waals surface area contributed by atoms with E-state index in [2.05, 4.69) is 10.6 Å². The van der Waals surface area contributed by atoms with Gasteiger partial charge in [0, 0.05) is 12.6 Å². The fraction of sp³-hybridized carbons (Fsp3) is 0.833. The molecule has 0 aromatic rings. The first-order valence-corrected chi connectivity index (χ1v) is 3.54. The number of carbonyl (C=O) groups excluding carboxylic acids is 1. The van der Waals surface area contributed by atoms with Crippen molar-refractivity contribution in [2.24, 2.45) is 0 Å². The zero-order chi connectivity index (χ0) is 8.53. The number of carbonyl (C=O) groups is 1. The van der Waals surface area contributed by atoms with Crippen molar-refractivity contribution in [3.05, 3.63) is 0 Å². The molecule has 0 spiro atoms. The Balaban J connectivity index is 0.000000461. The Hall–Kier alpha value is -0.650. The number of nitrogens with one attached hydrogen (secondary N) is 2. The van der Waals surface area contributed by atoms with Crippen LogP contribution in [0.25, 0.3) is 0 Å². The molecule has 0 aromatic heterocycles. The molecule has 1 fully saturated rings. The highest BCUT2D eigenvalue weighted by Crippen LogP contribution is 1.99. The molecular weight excluding hydrogens is 148 g/mol. The van der Waals surface area contributed by atoms with Crippen LogP contribution in [0.3, 0.4) is 0 Å². The summed E-state index contributed by atoms with van der Waals surface area (Å²) in [5, 5.41) is 17.9. The average Bonchev–Trinajstić information content (AvgIpc) is 2.11. The Morgan fingerprint density at radius 3 is 2.73 bits per heavy atom. The summed E-state index contributed by atoms with van der Waals surface area (Å²) in [6.07, 6.45) is 3.06. The van der Waals surface area contributed by atoms with Gasteiger partial charge in [0.25, 0.3) is 0 Å². The lowest BCUT2D eigenvalue weighted by Crippen LogP contribution is -2.42. The maximum absolute atomic E-state index is 9.93. The largest absolute Gasteiger partial charge is 0.355 e. The highest BCUT2D eigenvalue weighted by atomic mass is 17.0. The molecule has 4 N–H and O–H groups in total. The van der Waals surface area contributed by atoms with Crippen molar-refractivity contribution in [2.45, 2.75) is 18.9 Å². The van der Waals surface area contributed by atoms with E-state index < -0.39 is 0 Å². The highest BCUT2D eigenvalue weighted by molar-refractivity contribution is 5.46. The summed E-state index contributed by atoms with van der Waals surface area (Å²) in [6, 6.07) is 0.372. The van der Waals surface area contributed by atoms with Gasteiger partial charge < -0.3 is 10.6 Å². The fourth-order valence-corrected chi connectivity index (χ4v) is 1.09. The van der Waals surface area contributed by atoms with Gasteiger partial charge in [-0.1, -0.05) is 0 Å². The van der Waals surface area contributed by atoms with Gasteiger partial charge in [-0.05, 0) is 19.4 Å². The van der Waals surface area contributed by atoms with Crippen LogP contribution in [-0.2, 0) is 4.79 Å². The molecule has 1 amide bonds. The van der Waals surface area contributed by atoms with Crippen molar-refractivity contribution in [3.8, 4) is 0 Å². The molecule has 1 heterocycles. The van der Waals surface area contributed by atoms with Crippen molar-refractivity contribution < 1.29 is 15.3 Å². The van der Waals surface area contributed by atoms with Gasteiger partial charge in [-0.3, -0.25) is 15.3 Å². The summed E-state index contributed by atoms with van der Waals surface area (Å²) in [5.41, 5.74) is 0. The second-order valence-electron chi connectivity index (χ2n) is 2.33. The third-order valence-electron chi connectivity index (χ3n) is 1.60. The van der Waals surface area contributed by atoms with E-state index in [0.29, 0.717) is 6.04 Å². The molecule has 1 aliphatic heterocycles. The maximum atomic E-state index is 9.93. The Kier molecular flexibility index (Phi) is 7.02. The molecule has 1 aliphatic rings. The fourth-order valence-electron chi connectivity index (χ4n) is 1.09. The minimum atomic E-state index is 0.372. The van der Waals surface area contributed by atoms with Gasteiger partial charge >= 0.3 is 0 Å². The standard InChI is InChI=1S/C6H12N2O.H2O2/c9-5-8-6-2-1-3-7-4-6;1-2/h5-7H,1-4H2,(H,8,9);1-2H. The van der Waals surface area contributed by atoms with Crippen LogP contribution in [-0.4, -0.2) is 36.1 Å². The lowest BCUT2D eigenvalue weighted by atomic mass is 10.1. The number of amides is 1. The molecule has 0 aliphatic carbocycles. The number of hydrogen-bond donors (Lipinski definition) is 4. The number of rotatable bonds is 2. The van der Waals surface area contributed by atoms with Crippen LogP contribution in [0.1, 0.15) is 12.8 Å². The number of hydrogen-bond acceptors (Lipinski definition) is 4. The summed E-state index contributed by atoms with van der Waals surface area (Å²) in [7, 11) is 0. The predicted molar refractivity (Wildman–Crippen MR) is 40.3 cm³/mol. The normalized spacial score (nSPS) is 22.9. The summed E-state index contributed by atoms with van der Waals surface area (Å²) < 4.78 is 0. The third-order valence-corrected chi connectivity index (χ3v) is 1.60. The van der Waals surface area contributed by atoms with Gasteiger partial charge in [0.15, 0.2) is 0 Å². The minimum Gasteiger partial charge on any atom is -0.355 e. The predicted octanol–water partition coefficient (Wildman–Crippen LogP) is -0.498. The third kappa shape index (κ3) is 4.72. The molecule has 0 aromatic carbocycles. The smallest absolute Gasteiger partial charge is 0.207 e. The van der Waals surface area contributed by atoms with Crippen molar-refractivity contribution >= 4 is 6.41 Å². The quantitative estimate of drug-likeness (QED) is 0.251. The van der Waals surface area contributed by atoms with E-state index in [4.69, 9.17) is 10.5 Å². The molecular formula is C6H14N2O3. The highest BCUT2D eigenvalue weighted by Gasteiger charge is 2.09. The van der Waals surface area contributed by atoms with Crippen molar-refractivity contribution in [2.75, 3.05) is 13.1 Å². The summed E-state index contributed by atoms with van der Waals surface area (Å²) >= 11 is 0. The SMILES string of the molecule is O=CNC1CCCNC1.OO. The topological polar surface area (TPSA) is 81.6 Å². The van der Waals surface area contributed by atoms with Gasteiger partial charge in [0.2, 0.25) is 6.41 Å². The van der Waals surface area contributed by atoms with Crippen LogP contribution >= 0.6 is 0 Å². The zero-order valence-corrected chi connectivity index (χ0v) is 6.29. The number of piperidine rings is 1. The molecule has 11 heavy (non-hydrogen) atoms. The van der Waals surface area contributed by atoms with Crippen LogP contribution < -0.4 is 10.6 Å². The molecule has 1 saturated heterocycles. The summed E-state index contributed by atoms with van der Waals surface area (Å²) in [5.74, 6) is 0. The molecule has 0 radical (unpaired) electrons. The molecule has 5 nitrogen and oxygen atoms in total. The van der Waals surface area contributed by atoms with E-state index in [1.165, 1.54) is 6.42 Å². The molecule has 66 valence electrons. The van der Waals surface area contributed by atoms with E-state index >= 15 is 0 Å². The summed E-state index contributed by atoms with van der Waals surface area (Å²) in [4.78, 5) is 9.93. The van der Waals surface area contributed by atoms with E-state index in [1.54, 1.807) is 0 Å². The average molecular weight is 162 g/mol. The van der Waals surface area contributed by atoms with Gasteiger partial charge in [-0.15, -0.1) is 0 Å². The maximum Gasteiger partial charge on any atom is 0.207 e. The lowest BCUT2D eigenvalue weighted by Gasteiger charge is -2.21. The second kappa shape index (κ2) is 7.46. The van der Waals surface area contributed by atoms with Gasteiger partial charge in [-0.25, -0.2) is 0 Å². The Bertz CT molecular complexity index is 93.8. The molecule has 1 unspecified atom stereocenters. The Labute approximate surface area is 65.3 Å². The summed E-state index contributed by atoms with van der Waals surface area (Å²) in [6.45, 7) is 2.02. The monoisotopic (exact) mass is 162 g/mol. The molecule has 0 bridgehead atoms. The van der Waals surface area contributed by atoms with Crippen LogP contribution in [0.4, 0.5) is 0 Å². The molecule has 1 rings (SSSR count). The van der Waals surface area contributed by atoms with Gasteiger partial charge in [-0.2, -0.15) is 0 Å². The van der Waals surface area contributed by atoms with Gasteiger partial charge in [0.1, 0.15) is 0 Å². The first-order valence-electron chi connectivity index (χ1n) is 3.54. The van der Waals surface area contributed by atoms with Crippen molar-refractivity contribution in [1.82, 2.24) is 10.6 Å².